The Kier molecular flexibility index (Phi) is 5.77. The zero-order valence-corrected chi connectivity index (χ0v) is 14.3. The standard InChI is InChI=1S/C17H25F2N3O2/c1-12-10-21(11-13(2)23)7-8-22(12)16(24)20-15-6-4-5-14(9-15)17(3,18)19/h4-6,9,12-13,23H,7-8,10-11H2,1-3H3,(H,20,24)/t12-,13-/m0/s1. The number of carbonyl (C=O) groups is 1. The molecule has 1 aliphatic heterocycles. The van der Waals surface area contributed by atoms with E-state index >= 15 is 0 Å². The van der Waals surface area contributed by atoms with Crippen LogP contribution < -0.4 is 5.32 Å². The van der Waals surface area contributed by atoms with Gasteiger partial charge >= 0.3 is 6.03 Å². The maximum absolute atomic E-state index is 13.4. The number of aliphatic hydroxyl groups excluding tert-OH is 1. The normalized spacial score (nSPS) is 20.8. The molecule has 0 bridgehead atoms. The van der Waals surface area contributed by atoms with Crippen molar-refractivity contribution in [1.29, 1.82) is 0 Å². The van der Waals surface area contributed by atoms with Crippen molar-refractivity contribution in [2.75, 3.05) is 31.5 Å². The molecule has 2 atom stereocenters. The van der Waals surface area contributed by atoms with Crippen molar-refractivity contribution in [2.45, 2.75) is 38.8 Å². The van der Waals surface area contributed by atoms with E-state index in [0.29, 0.717) is 31.9 Å². The number of halogens is 2. The molecule has 0 aromatic heterocycles. The van der Waals surface area contributed by atoms with Gasteiger partial charge in [-0.05, 0) is 26.0 Å². The Labute approximate surface area is 141 Å². The first-order chi connectivity index (χ1) is 11.2. The molecule has 1 aromatic carbocycles. The van der Waals surface area contributed by atoms with Crippen molar-refractivity contribution in [1.82, 2.24) is 9.80 Å². The first-order valence-electron chi connectivity index (χ1n) is 8.13. The Balaban J connectivity index is 1.98. The number of carbonyl (C=O) groups excluding carboxylic acids is 1. The highest BCUT2D eigenvalue weighted by molar-refractivity contribution is 5.89. The molecule has 1 heterocycles. The minimum absolute atomic E-state index is 0.0201. The van der Waals surface area contributed by atoms with E-state index in [1.165, 1.54) is 18.2 Å². The van der Waals surface area contributed by atoms with Gasteiger partial charge in [0.05, 0.1) is 6.10 Å². The van der Waals surface area contributed by atoms with E-state index in [0.717, 1.165) is 6.92 Å². The summed E-state index contributed by atoms with van der Waals surface area (Å²) in [6, 6.07) is 5.43. The quantitative estimate of drug-likeness (QED) is 0.885. The number of nitrogens with zero attached hydrogens (tertiary/aromatic N) is 2. The van der Waals surface area contributed by atoms with Gasteiger partial charge in [0.1, 0.15) is 0 Å². The Morgan fingerprint density at radius 2 is 2.17 bits per heavy atom. The van der Waals surface area contributed by atoms with E-state index in [1.807, 2.05) is 6.92 Å². The third kappa shape index (κ3) is 4.88. The molecule has 134 valence electrons. The lowest BCUT2D eigenvalue weighted by atomic mass is 10.1. The number of β-amino-alcohol motifs (C(OH)–C–C–N with tert-alkyl or cyclic N) is 1. The predicted octanol–water partition coefficient (Wildman–Crippen LogP) is 2.72. The van der Waals surface area contributed by atoms with Crippen LogP contribution in [0.5, 0.6) is 0 Å². The van der Waals surface area contributed by atoms with Gasteiger partial charge in [-0.1, -0.05) is 12.1 Å². The molecule has 7 heteroatoms. The summed E-state index contributed by atoms with van der Waals surface area (Å²) in [4.78, 5) is 16.2. The average Bonchev–Trinajstić information content (AvgIpc) is 2.46. The summed E-state index contributed by atoms with van der Waals surface area (Å²) < 4.78 is 26.8. The Hall–Kier alpha value is -1.73. The van der Waals surface area contributed by atoms with Crippen LogP contribution in [-0.2, 0) is 5.92 Å². The van der Waals surface area contributed by atoms with Gasteiger partial charge in [0.2, 0.25) is 0 Å². The van der Waals surface area contributed by atoms with Crippen LogP contribution >= 0.6 is 0 Å². The van der Waals surface area contributed by atoms with Gasteiger partial charge < -0.3 is 15.3 Å². The van der Waals surface area contributed by atoms with Gasteiger partial charge in [-0.25, -0.2) is 13.6 Å². The summed E-state index contributed by atoms with van der Waals surface area (Å²) in [6.07, 6.45) is -0.406. The molecule has 5 nitrogen and oxygen atoms in total. The van der Waals surface area contributed by atoms with E-state index in [2.05, 4.69) is 10.2 Å². The number of anilines is 1. The van der Waals surface area contributed by atoms with Crippen LogP contribution in [0.2, 0.25) is 0 Å². The number of nitrogens with one attached hydrogen (secondary N) is 1. The first kappa shape index (κ1) is 18.6. The minimum Gasteiger partial charge on any atom is -0.392 e. The fourth-order valence-electron chi connectivity index (χ4n) is 2.94. The second-order valence-corrected chi connectivity index (χ2v) is 6.55. The average molecular weight is 341 g/mol. The molecule has 0 aliphatic carbocycles. The van der Waals surface area contributed by atoms with Gasteiger partial charge in [-0.15, -0.1) is 0 Å². The van der Waals surface area contributed by atoms with E-state index in [1.54, 1.807) is 17.9 Å². The molecule has 1 fully saturated rings. The second-order valence-electron chi connectivity index (χ2n) is 6.55. The number of alkyl halides is 2. The maximum Gasteiger partial charge on any atom is 0.322 e. The Morgan fingerprint density at radius 1 is 1.46 bits per heavy atom. The molecule has 0 saturated carbocycles. The maximum atomic E-state index is 13.4. The predicted molar refractivity (Wildman–Crippen MR) is 89.3 cm³/mol. The van der Waals surface area contributed by atoms with Crippen LogP contribution in [0.25, 0.3) is 0 Å². The largest absolute Gasteiger partial charge is 0.392 e. The monoisotopic (exact) mass is 341 g/mol. The molecule has 1 aliphatic rings. The van der Waals surface area contributed by atoms with Gasteiger partial charge in [0.25, 0.3) is 5.92 Å². The van der Waals surface area contributed by atoms with Crippen LogP contribution in [0.3, 0.4) is 0 Å². The van der Waals surface area contributed by atoms with Crippen molar-refractivity contribution >= 4 is 11.7 Å². The molecule has 2 N–H and O–H groups in total. The number of hydrogen-bond donors (Lipinski definition) is 2. The molecule has 2 rings (SSSR count). The Bertz CT molecular complexity index is 575. The van der Waals surface area contributed by atoms with Gasteiger partial charge in [0, 0.05) is 50.4 Å². The van der Waals surface area contributed by atoms with Gasteiger partial charge in [-0.2, -0.15) is 0 Å². The Morgan fingerprint density at radius 3 is 2.75 bits per heavy atom. The lowest BCUT2D eigenvalue weighted by Gasteiger charge is -2.40. The molecule has 0 radical (unpaired) electrons. The molecular weight excluding hydrogens is 316 g/mol. The fraction of sp³-hybridized carbons (Fsp3) is 0.588. The number of urea groups is 1. The summed E-state index contributed by atoms with van der Waals surface area (Å²) in [5, 5.41) is 12.2. The van der Waals surface area contributed by atoms with Crippen molar-refractivity contribution in [3.05, 3.63) is 29.8 Å². The van der Waals surface area contributed by atoms with Gasteiger partial charge in [-0.3, -0.25) is 4.90 Å². The zero-order chi connectivity index (χ0) is 17.9. The molecule has 1 aromatic rings. The highest BCUT2D eigenvalue weighted by Gasteiger charge is 2.28. The van der Waals surface area contributed by atoms with Crippen LogP contribution in [0.1, 0.15) is 26.3 Å². The van der Waals surface area contributed by atoms with Crippen LogP contribution in [-0.4, -0.2) is 59.3 Å². The lowest BCUT2D eigenvalue weighted by molar-refractivity contribution is 0.0175. The van der Waals surface area contributed by atoms with Crippen LogP contribution in [0.4, 0.5) is 19.3 Å². The first-order valence-corrected chi connectivity index (χ1v) is 8.13. The summed E-state index contributed by atoms with van der Waals surface area (Å²) in [5.74, 6) is -2.94. The summed E-state index contributed by atoms with van der Waals surface area (Å²) >= 11 is 0. The fourth-order valence-corrected chi connectivity index (χ4v) is 2.94. The van der Waals surface area contributed by atoms with Crippen LogP contribution in [0.15, 0.2) is 24.3 Å². The number of benzene rings is 1. The van der Waals surface area contributed by atoms with E-state index in [4.69, 9.17) is 0 Å². The van der Waals surface area contributed by atoms with Crippen molar-refractivity contribution in [3.63, 3.8) is 0 Å². The molecule has 0 unspecified atom stereocenters. The molecular formula is C17H25F2N3O2. The minimum atomic E-state index is -2.94. The molecule has 0 spiro atoms. The molecule has 1 saturated heterocycles. The van der Waals surface area contributed by atoms with E-state index in [-0.39, 0.29) is 17.6 Å². The lowest BCUT2D eigenvalue weighted by Crippen LogP contribution is -2.56. The third-order valence-corrected chi connectivity index (χ3v) is 4.12. The second kappa shape index (κ2) is 7.44. The number of amides is 2. The summed E-state index contributed by atoms with van der Waals surface area (Å²) in [7, 11) is 0. The number of piperazine rings is 1. The highest BCUT2D eigenvalue weighted by atomic mass is 19.3. The SMILES string of the molecule is C[C@H](O)CN1CCN(C(=O)Nc2cccc(C(C)(F)F)c2)[C@@H](C)C1. The van der Waals surface area contributed by atoms with E-state index in [9.17, 15) is 18.7 Å². The van der Waals surface area contributed by atoms with Gasteiger partial charge in [0.15, 0.2) is 0 Å². The third-order valence-electron chi connectivity index (χ3n) is 4.12. The molecule has 24 heavy (non-hydrogen) atoms. The number of rotatable bonds is 4. The van der Waals surface area contributed by atoms with Crippen molar-refractivity contribution in [2.24, 2.45) is 0 Å². The summed E-state index contributed by atoms with van der Waals surface area (Å²) in [6.45, 7) is 6.96. The summed E-state index contributed by atoms with van der Waals surface area (Å²) in [5.41, 5.74) is 0.229. The number of hydrogen-bond acceptors (Lipinski definition) is 3. The number of aliphatic hydroxyl groups is 1. The zero-order valence-electron chi connectivity index (χ0n) is 14.3. The van der Waals surface area contributed by atoms with Crippen LogP contribution in [0, 0.1) is 0 Å². The topological polar surface area (TPSA) is 55.8 Å². The molecule has 2 amide bonds. The van der Waals surface area contributed by atoms with Crippen molar-refractivity contribution < 1.29 is 18.7 Å². The smallest absolute Gasteiger partial charge is 0.322 e. The highest BCUT2D eigenvalue weighted by Crippen LogP contribution is 2.28. The van der Waals surface area contributed by atoms with E-state index < -0.39 is 12.0 Å². The van der Waals surface area contributed by atoms with Crippen molar-refractivity contribution in [3.8, 4) is 0 Å².